The molecule has 0 heterocycles. The van der Waals surface area contributed by atoms with Crippen LogP contribution in [0, 0.1) is 13.8 Å². The Labute approximate surface area is 154 Å². The van der Waals surface area contributed by atoms with Crippen molar-refractivity contribution in [1.82, 2.24) is 0 Å². The SMILES string of the molecule is CCO.Cc1ccc(S(=O)(=O)OCOS(=O)(=O)c2ccc(C)cc2)cc1. The van der Waals surface area contributed by atoms with Crippen LogP contribution in [0.3, 0.4) is 0 Å². The normalized spacial score (nSPS) is 11.5. The van der Waals surface area contributed by atoms with Gasteiger partial charge in [-0.25, -0.2) is 8.37 Å². The summed E-state index contributed by atoms with van der Waals surface area (Å²) in [6, 6.07) is 11.9. The average Bonchev–Trinajstić information content (AvgIpc) is 2.56. The molecule has 0 aromatic heterocycles. The van der Waals surface area contributed by atoms with E-state index < -0.39 is 27.0 Å². The van der Waals surface area contributed by atoms with Gasteiger partial charge in [-0.1, -0.05) is 35.4 Å². The van der Waals surface area contributed by atoms with Crippen LogP contribution in [0.2, 0.25) is 0 Å². The number of benzene rings is 2. The first kappa shape index (κ1) is 22.3. The molecule has 144 valence electrons. The molecule has 0 radical (unpaired) electrons. The van der Waals surface area contributed by atoms with E-state index in [1.807, 2.05) is 13.8 Å². The van der Waals surface area contributed by atoms with Gasteiger partial charge in [-0.3, -0.25) is 0 Å². The fourth-order valence-electron chi connectivity index (χ4n) is 1.69. The summed E-state index contributed by atoms with van der Waals surface area (Å²) in [6.45, 7) is 4.63. The van der Waals surface area contributed by atoms with Crippen molar-refractivity contribution in [2.45, 2.75) is 30.6 Å². The van der Waals surface area contributed by atoms with Gasteiger partial charge in [0.2, 0.25) is 0 Å². The van der Waals surface area contributed by atoms with Crippen molar-refractivity contribution in [3.05, 3.63) is 59.7 Å². The lowest BCUT2D eigenvalue weighted by molar-refractivity contribution is 0.132. The van der Waals surface area contributed by atoms with Crippen molar-refractivity contribution >= 4 is 20.2 Å². The minimum Gasteiger partial charge on any atom is -0.397 e. The van der Waals surface area contributed by atoms with Crippen LogP contribution in [-0.2, 0) is 28.6 Å². The van der Waals surface area contributed by atoms with E-state index in [1.54, 1.807) is 31.2 Å². The third-order valence-corrected chi connectivity index (χ3v) is 5.54. The number of rotatable bonds is 6. The number of hydrogen-bond donors (Lipinski definition) is 1. The summed E-state index contributed by atoms with van der Waals surface area (Å²) in [6.07, 6.45) is 0. The quantitative estimate of drug-likeness (QED) is 0.584. The van der Waals surface area contributed by atoms with Crippen LogP contribution in [0.5, 0.6) is 0 Å². The van der Waals surface area contributed by atoms with Gasteiger partial charge in [-0.15, -0.1) is 0 Å². The lowest BCUT2D eigenvalue weighted by atomic mass is 10.2. The molecule has 0 amide bonds. The lowest BCUT2D eigenvalue weighted by Gasteiger charge is -2.07. The predicted octanol–water partition coefficient (Wildman–Crippen LogP) is 2.37. The summed E-state index contributed by atoms with van der Waals surface area (Å²) < 4.78 is 56.9. The molecular weight excluding hydrogens is 380 g/mol. The van der Waals surface area contributed by atoms with E-state index in [0.29, 0.717) is 0 Å². The zero-order valence-electron chi connectivity index (χ0n) is 14.7. The molecule has 0 spiro atoms. The largest absolute Gasteiger partial charge is 0.397 e. The molecule has 0 saturated carbocycles. The summed E-state index contributed by atoms with van der Waals surface area (Å²) in [5.74, 6) is 0. The maximum absolute atomic E-state index is 11.9. The Bertz CT molecular complexity index is 810. The van der Waals surface area contributed by atoms with Gasteiger partial charge in [0.15, 0.2) is 6.79 Å². The van der Waals surface area contributed by atoms with E-state index >= 15 is 0 Å². The molecule has 0 aliphatic carbocycles. The second-order valence-electron chi connectivity index (χ2n) is 5.20. The average molecular weight is 402 g/mol. The van der Waals surface area contributed by atoms with E-state index in [9.17, 15) is 16.8 Å². The summed E-state index contributed by atoms with van der Waals surface area (Å²) in [7, 11) is -8.16. The van der Waals surface area contributed by atoms with Gasteiger partial charge < -0.3 is 5.11 Å². The molecule has 0 aliphatic heterocycles. The molecule has 2 rings (SSSR count). The highest BCUT2D eigenvalue weighted by Gasteiger charge is 2.19. The van der Waals surface area contributed by atoms with Crippen LogP contribution in [0.25, 0.3) is 0 Å². The third kappa shape index (κ3) is 6.85. The zero-order chi connectivity index (χ0) is 19.8. The monoisotopic (exact) mass is 402 g/mol. The van der Waals surface area contributed by atoms with Crippen molar-refractivity contribution < 1.29 is 30.3 Å². The van der Waals surface area contributed by atoms with E-state index in [-0.39, 0.29) is 16.4 Å². The Kier molecular flexibility index (Phi) is 8.38. The number of aliphatic hydroxyl groups excluding tert-OH is 1. The fraction of sp³-hybridized carbons (Fsp3) is 0.294. The Morgan fingerprint density at radius 1 is 0.731 bits per heavy atom. The summed E-state index contributed by atoms with van der Waals surface area (Å²) in [4.78, 5) is -0.140. The van der Waals surface area contributed by atoms with Gasteiger partial charge in [0.1, 0.15) is 0 Å². The molecule has 2 aromatic carbocycles. The van der Waals surface area contributed by atoms with E-state index in [0.717, 1.165) is 11.1 Å². The molecule has 0 fully saturated rings. The second-order valence-corrected chi connectivity index (χ2v) is 8.43. The van der Waals surface area contributed by atoms with E-state index in [1.165, 1.54) is 24.3 Å². The van der Waals surface area contributed by atoms with Gasteiger partial charge in [0, 0.05) is 6.61 Å². The third-order valence-electron chi connectivity index (χ3n) is 3.03. The van der Waals surface area contributed by atoms with Gasteiger partial charge >= 0.3 is 0 Å². The Morgan fingerprint density at radius 2 is 1.00 bits per heavy atom. The lowest BCUT2D eigenvalue weighted by Crippen LogP contribution is -2.14. The molecule has 0 aliphatic rings. The molecule has 1 N–H and O–H groups in total. The fourth-order valence-corrected chi connectivity index (χ4v) is 3.31. The minimum atomic E-state index is -4.08. The van der Waals surface area contributed by atoms with Crippen LogP contribution in [-0.4, -0.2) is 35.3 Å². The molecule has 0 unspecified atom stereocenters. The van der Waals surface area contributed by atoms with E-state index in [4.69, 9.17) is 5.11 Å². The molecule has 7 nitrogen and oxygen atoms in total. The standard InChI is InChI=1S/C15H16O6S2.C2H6O/c1-12-3-7-14(8-4-12)22(16,17)20-11-21-23(18,19)15-9-5-13(2)6-10-15;1-2-3/h3-10H,11H2,1-2H3;3H,2H2,1H3. The number of aryl methyl sites for hydroxylation is 2. The minimum absolute atomic E-state index is 0.0700. The van der Waals surface area contributed by atoms with Crippen LogP contribution in [0.15, 0.2) is 58.3 Å². The highest BCUT2D eigenvalue weighted by Crippen LogP contribution is 2.16. The van der Waals surface area contributed by atoms with Crippen molar-refractivity contribution in [2.24, 2.45) is 0 Å². The Balaban J connectivity index is 0.00000105. The topological polar surface area (TPSA) is 107 Å². The van der Waals surface area contributed by atoms with Crippen LogP contribution >= 0.6 is 0 Å². The maximum atomic E-state index is 11.9. The first-order chi connectivity index (χ1) is 12.1. The van der Waals surface area contributed by atoms with Crippen LogP contribution in [0.1, 0.15) is 18.1 Å². The zero-order valence-corrected chi connectivity index (χ0v) is 16.4. The molecule has 26 heavy (non-hydrogen) atoms. The van der Waals surface area contributed by atoms with E-state index in [2.05, 4.69) is 8.37 Å². The molecule has 2 aromatic rings. The first-order valence-electron chi connectivity index (χ1n) is 7.65. The van der Waals surface area contributed by atoms with Crippen molar-refractivity contribution in [1.29, 1.82) is 0 Å². The van der Waals surface area contributed by atoms with Crippen molar-refractivity contribution in [3.8, 4) is 0 Å². The number of aliphatic hydroxyl groups is 1. The first-order valence-corrected chi connectivity index (χ1v) is 10.5. The Morgan fingerprint density at radius 3 is 1.27 bits per heavy atom. The molecule has 0 saturated heterocycles. The summed E-state index contributed by atoms with van der Waals surface area (Å²) in [5.41, 5.74) is 1.78. The number of hydrogen-bond acceptors (Lipinski definition) is 7. The highest BCUT2D eigenvalue weighted by atomic mass is 32.2. The van der Waals surface area contributed by atoms with Gasteiger partial charge in [-0.05, 0) is 45.0 Å². The van der Waals surface area contributed by atoms with Crippen molar-refractivity contribution in [3.63, 3.8) is 0 Å². The molecule has 0 bridgehead atoms. The van der Waals surface area contributed by atoms with Crippen molar-refractivity contribution in [2.75, 3.05) is 13.4 Å². The second kappa shape index (κ2) is 9.79. The van der Waals surface area contributed by atoms with Crippen LogP contribution < -0.4 is 0 Å². The van der Waals surface area contributed by atoms with Gasteiger partial charge in [0.25, 0.3) is 20.2 Å². The van der Waals surface area contributed by atoms with Gasteiger partial charge in [-0.2, -0.15) is 16.8 Å². The molecular formula is C17H22O7S2. The summed E-state index contributed by atoms with van der Waals surface area (Å²) in [5, 5.41) is 7.57. The highest BCUT2D eigenvalue weighted by molar-refractivity contribution is 7.87. The smallest absolute Gasteiger partial charge is 0.299 e. The maximum Gasteiger partial charge on any atom is 0.299 e. The van der Waals surface area contributed by atoms with Crippen LogP contribution in [0.4, 0.5) is 0 Å². The molecule has 0 atom stereocenters. The Hall–Kier alpha value is -1.78. The molecule has 9 heteroatoms. The van der Waals surface area contributed by atoms with Gasteiger partial charge in [0.05, 0.1) is 9.79 Å². The predicted molar refractivity (Wildman–Crippen MR) is 96.5 cm³/mol. The summed E-state index contributed by atoms with van der Waals surface area (Å²) >= 11 is 0.